The Morgan fingerprint density at radius 2 is 1.14 bits per heavy atom. The molecule has 14 nitrogen and oxygen atoms in total. The summed E-state index contributed by atoms with van der Waals surface area (Å²) in [6, 6.07) is 14.3. The number of hydrogen-bond donors (Lipinski definition) is 2. The number of carbonyl (C=O) groups is 2. The third-order valence-electron chi connectivity index (χ3n) is 8.43. The minimum atomic E-state index is -3.57. The molecule has 0 saturated heterocycles. The maximum atomic E-state index is 13.3. The second kappa shape index (κ2) is 16.4. The van der Waals surface area contributed by atoms with Crippen molar-refractivity contribution in [3.05, 3.63) is 105 Å². The summed E-state index contributed by atoms with van der Waals surface area (Å²) in [7, 11) is -1.35. The van der Waals surface area contributed by atoms with Crippen LogP contribution in [0, 0.1) is 15.2 Å². The highest BCUT2D eigenvalue weighted by Crippen LogP contribution is 2.38. The van der Waals surface area contributed by atoms with E-state index in [0.29, 0.717) is 37.5 Å². The second-order valence-electron chi connectivity index (χ2n) is 12.2. The molecule has 6 rings (SSSR count). The number of furan rings is 2. The molecule has 2 N–H and O–H groups in total. The van der Waals surface area contributed by atoms with Crippen LogP contribution in [-0.2, 0) is 26.5 Å². The standard InChI is InChI=1S/C20H20FN3O4S.C17H15FIN3O4S/c1-5-6-13-11-15-16(19(25)22-2)17(12-7-9-14(21)10-8-12)28-20(15)23-18(13)24(3)29(4,26)27;1-20-16(23)13-11-8-12(19)15(22(2)27(3,24)25)21-17(11)26-14(13)9-4-6-10(18)7-5-9/h5,7-11H,1,6H2,2-4H3,(H,22,25);4-8H,1-3H3,(H,20,23). The molecule has 0 bridgehead atoms. The van der Waals surface area contributed by atoms with E-state index in [0.717, 1.165) is 21.1 Å². The highest BCUT2D eigenvalue weighted by molar-refractivity contribution is 14.1. The van der Waals surface area contributed by atoms with Crippen molar-refractivity contribution >= 4 is 88.3 Å². The number of carbonyl (C=O) groups excluding carboxylic acids is 2. The number of pyridine rings is 2. The van der Waals surface area contributed by atoms with Gasteiger partial charge in [-0.1, -0.05) is 6.08 Å². The lowest BCUT2D eigenvalue weighted by Gasteiger charge is -2.18. The first-order valence-corrected chi connectivity index (χ1v) is 21.1. The Morgan fingerprint density at radius 3 is 1.54 bits per heavy atom. The van der Waals surface area contributed by atoms with Gasteiger partial charge in [-0.15, -0.1) is 6.58 Å². The van der Waals surface area contributed by atoms with Crippen molar-refractivity contribution in [1.29, 1.82) is 0 Å². The average Bonchev–Trinajstić information content (AvgIpc) is 3.71. The fourth-order valence-electron chi connectivity index (χ4n) is 5.47. The molecule has 4 aromatic heterocycles. The molecule has 0 radical (unpaired) electrons. The van der Waals surface area contributed by atoms with E-state index in [9.17, 15) is 35.2 Å². The number of nitrogens with one attached hydrogen (secondary N) is 2. The third-order valence-corrected chi connectivity index (χ3v) is 11.6. The van der Waals surface area contributed by atoms with Crippen molar-refractivity contribution in [2.75, 3.05) is 49.3 Å². The summed E-state index contributed by atoms with van der Waals surface area (Å²) in [6.07, 6.45) is 4.08. The summed E-state index contributed by atoms with van der Waals surface area (Å²) in [5, 5.41) is 5.98. The van der Waals surface area contributed by atoms with E-state index in [-0.39, 0.29) is 45.7 Å². The number of anilines is 2. The normalized spacial score (nSPS) is 11.5. The SMILES string of the molecule is C=CCc1cc2c(C(=O)NC)c(-c3ccc(F)cc3)oc2nc1N(C)S(C)(=O)=O.CNC(=O)c1c(-c2ccc(F)cc2)oc2nc(N(C)S(C)(=O)=O)c(I)cc12. The Kier molecular flexibility index (Phi) is 12.2. The van der Waals surface area contributed by atoms with Gasteiger partial charge in [-0.05, 0) is 89.7 Å². The maximum absolute atomic E-state index is 13.3. The zero-order chi connectivity index (χ0) is 41.3. The van der Waals surface area contributed by atoms with Crippen molar-refractivity contribution in [1.82, 2.24) is 20.6 Å². The van der Waals surface area contributed by atoms with Crippen molar-refractivity contribution in [2.45, 2.75) is 6.42 Å². The minimum absolute atomic E-state index is 0.0984. The zero-order valence-electron chi connectivity index (χ0n) is 30.8. The summed E-state index contributed by atoms with van der Waals surface area (Å²) in [5.41, 5.74) is 2.25. The van der Waals surface area contributed by atoms with Gasteiger partial charge in [0.05, 0.1) is 38.0 Å². The van der Waals surface area contributed by atoms with Gasteiger partial charge in [-0.3, -0.25) is 18.2 Å². The first kappa shape index (κ1) is 41.7. The maximum Gasteiger partial charge on any atom is 0.255 e. The molecule has 0 unspecified atom stereocenters. The van der Waals surface area contributed by atoms with Gasteiger partial charge in [-0.25, -0.2) is 25.6 Å². The molecule has 0 aliphatic carbocycles. The molecular formula is C37H35F2IN6O8S2. The van der Waals surface area contributed by atoms with Crippen molar-refractivity contribution in [2.24, 2.45) is 0 Å². The first-order valence-electron chi connectivity index (χ1n) is 16.3. The molecule has 19 heteroatoms. The van der Waals surface area contributed by atoms with Gasteiger partial charge in [0, 0.05) is 44.9 Å². The predicted molar refractivity (Wildman–Crippen MR) is 219 cm³/mol. The Morgan fingerprint density at radius 1 is 0.750 bits per heavy atom. The molecule has 0 fully saturated rings. The third kappa shape index (κ3) is 8.53. The number of aromatic nitrogens is 2. The smallest absolute Gasteiger partial charge is 0.255 e. The fourth-order valence-corrected chi connectivity index (χ4v) is 7.35. The molecule has 294 valence electrons. The number of nitrogens with zero attached hydrogens (tertiary/aromatic N) is 4. The molecule has 0 aliphatic rings. The van der Waals surface area contributed by atoms with E-state index in [1.165, 1.54) is 76.7 Å². The Bertz CT molecular complexity index is 2720. The van der Waals surface area contributed by atoms with Crippen LogP contribution in [-0.4, -0.2) is 79.3 Å². The number of halogens is 3. The van der Waals surface area contributed by atoms with Gasteiger partial charge in [-0.2, -0.15) is 9.97 Å². The molecule has 0 saturated carbocycles. The van der Waals surface area contributed by atoms with Crippen LogP contribution < -0.4 is 19.2 Å². The minimum Gasteiger partial charge on any atom is -0.437 e. The number of allylic oxidation sites excluding steroid dienone is 1. The van der Waals surface area contributed by atoms with E-state index >= 15 is 0 Å². The van der Waals surface area contributed by atoms with E-state index < -0.39 is 43.5 Å². The fraction of sp³-hybridized carbons (Fsp3) is 0.189. The largest absolute Gasteiger partial charge is 0.437 e. The molecule has 4 heterocycles. The van der Waals surface area contributed by atoms with E-state index in [1.54, 1.807) is 18.2 Å². The highest BCUT2D eigenvalue weighted by atomic mass is 127. The molecule has 2 aromatic carbocycles. The van der Waals surface area contributed by atoms with Gasteiger partial charge in [0.1, 0.15) is 29.0 Å². The van der Waals surface area contributed by atoms with Crippen LogP contribution >= 0.6 is 22.6 Å². The van der Waals surface area contributed by atoms with Crippen LogP contribution in [0.15, 0.2) is 82.2 Å². The zero-order valence-corrected chi connectivity index (χ0v) is 34.6. The Hall–Kier alpha value is -5.41. The molecule has 2 amide bonds. The van der Waals surface area contributed by atoms with Crippen molar-refractivity contribution in [3.63, 3.8) is 0 Å². The molecule has 0 aliphatic heterocycles. The van der Waals surface area contributed by atoms with Crippen LogP contribution in [0.25, 0.3) is 44.8 Å². The lowest BCUT2D eigenvalue weighted by molar-refractivity contribution is 0.0956. The summed E-state index contributed by atoms with van der Waals surface area (Å²) in [5.74, 6) is -0.817. The molecule has 0 atom stereocenters. The van der Waals surface area contributed by atoms with Crippen LogP contribution in [0.2, 0.25) is 0 Å². The van der Waals surface area contributed by atoms with E-state index in [4.69, 9.17) is 8.83 Å². The van der Waals surface area contributed by atoms with Gasteiger partial charge in [0.25, 0.3) is 11.8 Å². The van der Waals surface area contributed by atoms with Crippen molar-refractivity contribution < 1.29 is 44.0 Å². The summed E-state index contributed by atoms with van der Waals surface area (Å²) >= 11 is 1.95. The lowest BCUT2D eigenvalue weighted by atomic mass is 10.0. The van der Waals surface area contributed by atoms with E-state index in [2.05, 4.69) is 27.2 Å². The van der Waals surface area contributed by atoms with Gasteiger partial charge in [0.15, 0.2) is 5.82 Å². The lowest BCUT2D eigenvalue weighted by Crippen LogP contribution is -2.27. The predicted octanol–water partition coefficient (Wildman–Crippen LogP) is 6.11. The summed E-state index contributed by atoms with van der Waals surface area (Å²) < 4.78 is 88.6. The Labute approximate surface area is 334 Å². The van der Waals surface area contributed by atoms with E-state index in [1.807, 2.05) is 22.6 Å². The quantitative estimate of drug-likeness (QED) is 0.120. The van der Waals surface area contributed by atoms with Gasteiger partial charge < -0.3 is 19.5 Å². The Balaban J connectivity index is 0.000000215. The number of fused-ring (bicyclic) bond motifs is 2. The number of hydrogen-bond acceptors (Lipinski definition) is 10. The molecule has 0 spiro atoms. The van der Waals surface area contributed by atoms with Crippen molar-refractivity contribution in [3.8, 4) is 22.6 Å². The highest BCUT2D eigenvalue weighted by Gasteiger charge is 2.28. The number of sulfonamides is 2. The number of benzene rings is 2. The van der Waals surface area contributed by atoms with Gasteiger partial charge >= 0.3 is 0 Å². The first-order chi connectivity index (χ1) is 26.3. The number of rotatable bonds is 10. The van der Waals surface area contributed by atoms with Crippen LogP contribution in [0.4, 0.5) is 20.4 Å². The van der Waals surface area contributed by atoms with Gasteiger partial charge in [0.2, 0.25) is 31.5 Å². The molecule has 56 heavy (non-hydrogen) atoms. The molecule has 6 aromatic rings. The number of amides is 2. The topological polar surface area (TPSA) is 185 Å². The summed E-state index contributed by atoms with van der Waals surface area (Å²) in [4.78, 5) is 33.7. The van der Waals surface area contributed by atoms with Crippen LogP contribution in [0.5, 0.6) is 0 Å². The monoisotopic (exact) mass is 920 g/mol. The van der Waals surface area contributed by atoms with Crippen LogP contribution in [0.3, 0.4) is 0 Å². The second-order valence-corrected chi connectivity index (χ2v) is 17.4. The molecular weight excluding hydrogens is 885 g/mol. The van der Waals surface area contributed by atoms with Crippen LogP contribution in [0.1, 0.15) is 26.3 Å². The summed E-state index contributed by atoms with van der Waals surface area (Å²) in [6.45, 7) is 3.70. The average molecular weight is 921 g/mol.